The molecule has 20 heavy (non-hydrogen) atoms. The van der Waals surface area contributed by atoms with Crippen LogP contribution in [0, 0.1) is 12.3 Å². The minimum absolute atomic E-state index is 0.110. The van der Waals surface area contributed by atoms with Crippen LogP contribution in [0.4, 0.5) is 5.82 Å². The van der Waals surface area contributed by atoms with E-state index in [4.69, 9.17) is 16.9 Å². The second-order valence-electron chi connectivity index (χ2n) is 4.38. The molecule has 0 bridgehead atoms. The van der Waals surface area contributed by atoms with Crippen molar-refractivity contribution in [2.24, 2.45) is 0 Å². The number of rotatable bonds is 5. The number of hydrogen-bond acceptors (Lipinski definition) is 6. The highest BCUT2D eigenvalue weighted by molar-refractivity contribution is 5.85. The van der Waals surface area contributed by atoms with Crippen molar-refractivity contribution in [3.63, 3.8) is 0 Å². The fraction of sp³-hybridized carbons (Fsp3) is 0.385. The topological polar surface area (TPSA) is 106 Å². The minimum atomic E-state index is -1.45. The van der Waals surface area contributed by atoms with Crippen LogP contribution in [0.5, 0.6) is 0 Å². The number of nitrogen functional groups attached to an aromatic ring is 1. The van der Waals surface area contributed by atoms with E-state index in [0.717, 1.165) is 0 Å². The second-order valence-corrected chi connectivity index (χ2v) is 4.38. The Morgan fingerprint density at radius 2 is 2.35 bits per heavy atom. The van der Waals surface area contributed by atoms with Crippen LogP contribution in [0.3, 0.4) is 0 Å². The van der Waals surface area contributed by atoms with E-state index in [0.29, 0.717) is 16.9 Å². The normalized spacial score (nSPS) is 15.7. The number of aliphatic hydroxyl groups excluding tert-OH is 2. The van der Waals surface area contributed by atoms with Crippen molar-refractivity contribution in [3.05, 3.63) is 18.6 Å². The Hall–Kier alpha value is -2.14. The number of anilines is 1. The molecule has 0 saturated heterocycles. The largest absolute Gasteiger partial charge is 0.392 e. The van der Waals surface area contributed by atoms with Crippen molar-refractivity contribution < 1.29 is 14.9 Å². The molecule has 2 aromatic heterocycles. The Morgan fingerprint density at radius 3 is 2.95 bits per heavy atom. The van der Waals surface area contributed by atoms with Gasteiger partial charge in [0, 0.05) is 13.3 Å². The molecular formula is C13H16N4O3. The number of terminal acetylenes is 1. The Kier molecular flexibility index (Phi) is 3.90. The standard InChI is InChI=1S/C13H16N4O3/c1-3-13(7-18,20-2)10(19)6-17-5-4-9-11(14)15-8-16-12(9)17/h1,4-5,8,10,18-19H,6-7H2,2H3,(H2,14,15,16)/t10-,13+/m0/s1. The molecule has 0 aliphatic heterocycles. The molecule has 2 aromatic rings. The van der Waals surface area contributed by atoms with E-state index >= 15 is 0 Å². The zero-order valence-corrected chi connectivity index (χ0v) is 11.0. The summed E-state index contributed by atoms with van der Waals surface area (Å²) >= 11 is 0. The third kappa shape index (κ3) is 2.20. The van der Waals surface area contributed by atoms with Crippen molar-refractivity contribution in [2.75, 3.05) is 19.5 Å². The zero-order chi connectivity index (χ0) is 14.8. The lowest BCUT2D eigenvalue weighted by molar-refractivity contribution is -0.0947. The number of ether oxygens (including phenoxy) is 1. The zero-order valence-electron chi connectivity index (χ0n) is 11.0. The molecule has 0 aliphatic carbocycles. The summed E-state index contributed by atoms with van der Waals surface area (Å²) in [4.78, 5) is 8.01. The van der Waals surface area contributed by atoms with Crippen molar-refractivity contribution in [3.8, 4) is 12.3 Å². The van der Waals surface area contributed by atoms with Gasteiger partial charge in [0.2, 0.25) is 0 Å². The van der Waals surface area contributed by atoms with Gasteiger partial charge >= 0.3 is 0 Å². The second kappa shape index (κ2) is 5.46. The van der Waals surface area contributed by atoms with E-state index in [1.54, 1.807) is 16.8 Å². The van der Waals surface area contributed by atoms with E-state index in [2.05, 4.69) is 15.9 Å². The third-order valence-corrected chi connectivity index (χ3v) is 3.34. The lowest BCUT2D eigenvalue weighted by atomic mass is 9.98. The monoisotopic (exact) mass is 276 g/mol. The summed E-state index contributed by atoms with van der Waals surface area (Å²) in [6.45, 7) is -0.379. The fourth-order valence-electron chi connectivity index (χ4n) is 2.01. The number of hydrogen-bond donors (Lipinski definition) is 3. The average molecular weight is 276 g/mol. The Bertz CT molecular complexity index is 643. The molecule has 0 fully saturated rings. The van der Waals surface area contributed by atoms with Gasteiger partial charge in [-0.25, -0.2) is 9.97 Å². The molecule has 0 aromatic carbocycles. The van der Waals surface area contributed by atoms with Crippen LogP contribution in [0.25, 0.3) is 11.0 Å². The van der Waals surface area contributed by atoms with Crippen LogP contribution >= 0.6 is 0 Å². The summed E-state index contributed by atoms with van der Waals surface area (Å²) in [5, 5.41) is 20.3. The van der Waals surface area contributed by atoms with Crippen molar-refractivity contribution in [2.45, 2.75) is 18.2 Å². The predicted molar refractivity (Wildman–Crippen MR) is 73.6 cm³/mol. The summed E-state index contributed by atoms with van der Waals surface area (Å²) in [7, 11) is 1.34. The first kappa shape index (κ1) is 14.3. The first-order chi connectivity index (χ1) is 9.57. The van der Waals surface area contributed by atoms with Gasteiger partial charge in [0.05, 0.1) is 18.5 Å². The summed E-state index contributed by atoms with van der Waals surface area (Å²) in [5.74, 6) is 2.66. The first-order valence-electron chi connectivity index (χ1n) is 5.95. The number of aromatic nitrogens is 3. The summed E-state index contributed by atoms with van der Waals surface area (Å²) in [5.41, 5.74) is 4.87. The molecule has 4 N–H and O–H groups in total. The van der Waals surface area contributed by atoms with Gasteiger partial charge in [0.25, 0.3) is 0 Å². The highest BCUT2D eigenvalue weighted by Crippen LogP contribution is 2.21. The predicted octanol–water partition coefficient (Wildman–Crippen LogP) is -0.615. The van der Waals surface area contributed by atoms with Crippen molar-refractivity contribution >= 4 is 16.9 Å². The maximum Gasteiger partial charge on any atom is 0.178 e. The van der Waals surface area contributed by atoms with Crippen LogP contribution in [0.15, 0.2) is 18.6 Å². The molecule has 0 spiro atoms. The van der Waals surface area contributed by atoms with Crippen LogP contribution in [0.1, 0.15) is 0 Å². The van der Waals surface area contributed by atoms with Crippen LogP contribution in [0.2, 0.25) is 0 Å². The van der Waals surface area contributed by atoms with Gasteiger partial charge < -0.3 is 25.3 Å². The highest BCUT2D eigenvalue weighted by Gasteiger charge is 2.36. The molecule has 0 unspecified atom stereocenters. The van der Waals surface area contributed by atoms with Gasteiger partial charge in [0.1, 0.15) is 23.9 Å². The van der Waals surface area contributed by atoms with Crippen molar-refractivity contribution in [1.82, 2.24) is 14.5 Å². The Labute approximate surface area is 116 Å². The molecular weight excluding hydrogens is 260 g/mol. The summed E-state index contributed by atoms with van der Waals surface area (Å²) in [6, 6.07) is 1.75. The minimum Gasteiger partial charge on any atom is -0.392 e. The first-order valence-corrected chi connectivity index (χ1v) is 5.95. The SMILES string of the molecule is C#C[C@](CO)(OC)[C@@H](O)Cn1ccc2c(N)ncnc21. The van der Waals surface area contributed by atoms with E-state index in [1.807, 2.05) is 0 Å². The van der Waals surface area contributed by atoms with Crippen LogP contribution < -0.4 is 5.73 Å². The van der Waals surface area contributed by atoms with Gasteiger partial charge in [-0.15, -0.1) is 6.42 Å². The van der Waals surface area contributed by atoms with Gasteiger partial charge in [0.15, 0.2) is 5.60 Å². The lowest BCUT2D eigenvalue weighted by Gasteiger charge is -2.30. The Balaban J connectivity index is 2.33. The van der Waals surface area contributed by atoms with Gasteiger partial charge in [-0.3, -0.25) is 0 Å². The summed E-state index contributed by atoms with van der Waals surface area (Å²) < 4.78 is 6.76. The highest BCUT2D eigenvalue weighted by atomic mass is 16.5. The Morgan fingerprint density at radius 1 is 1.60 bits per heavy atom. The van der Waals surface area contributed by atoms with E-state index in [1.165, 1.54) is 13.4 Å². The number of nitrogens with two attached hydrogens (primary N) is 1. The molecule has 2 atom stereocenters. The molecule has 0 amide bonds. The molecule has 0 aliphatic rings. The molecule has 106 valence electrons. The van der Waals surface area contributed by atoms with Crippen molar-refractivity contribution in [1.29, 1.82) is 0 Å². The molecule has 2 heterocycles. The van der Waals surface area contributed by atoms with E-state index < -0.39 is 18.3 Å². The fourth-order valence-corrected chi connectivity index (χ4v) is 2.01. The quantitative estimate of drug-likeness (QED) is 0.629. The molecule has 2 rings (SSSR count). The van der Waals surface area contributed by atoms with E-state index in [-0.39, 0.29) is 6.54 Å². The summed E-state index contributed by atoms with van der Waals surface area (Å²) in [6.07, 6.45) is 7.30. The number of aliphatic hydroxyl groups is 2. The molecule has 0 saturated carbocycles. The van der Waals surface area contributed by atoms with Gasteiger partial charge in [-0.1, -0.05) is 5.92 Å². The maximum absolute atomic E-state index is 10.2. The number of methoxy groups -OCH3 is 1. The average Bonchev–Trinajstić information content (AvgIpc) is 2.86. The van der Waals surface area contributed by atoms with Crippen LogP contribution in [-0.4, -0.2) is 50.2 Å². The molecule has 7 nitrogen and oxygen atoms in total. The smallest absolute Gasteiger partial charge is 0.178 e. The third-order valence-electron chi connectivity index (χ3n) is 3.34. The lowest BCUT2D eigenvalue weighted by Crippen LogP contribution is -2.48. The maximum atomic E-state index is 10.2. The van der Waals surface area contributed by atoms with Crippen LogP contribution in [-0.2, 0) is 11.3 Å². The number of fused-ring (bicyclic) bond motifs is 1. The molecule has 0 radical (unpaired) electrons. The van der Waals surface area contributed by atoms with Gasteiger partial charge in [-0.05, 0) is 6.07 Å². The van der Waals surface area contributed by atoms with Gasteiger partial charge in [-0.2, -0.15) is 0 Å². The van der Waals surface area contributed by atoms with E-state index in [9.17, 15) is 10.2 Å². The molecule has 7 heteroatoms. The number of nitrogens with zero attached hydrogens (tertiary/aromatic N) is 3.